The van der Waals surface area contributed by atoms with Crippen LogP contribution in [0.15, 0.2) is 29.0 Å². The minimum absolute atomic E-state index is 0.187. The molecule has 0 atom stereocenters. The first-order valence-electron chi connectivity index (χ1n) is 3.58. The van der Waals surface area contributed by atoms with E-state index < -0.39 is 0 Å². The van der Waals surface area contributed by atoms with E-state index in [0.29, 0.717) is 9.86 Å². The fourth-order valence-electron chi connectivity index (χ4n) is 1.29. The largest absolute Gasteiger partial charge is 0.356 e. The van der Waals surface area contributed by atoms with Gasteiger partial charge in [-0.05, 0) is 22.0 Å². The molecule has 1 aromatic carbocycles. The minimum atomic E-state index is -0.187. The molecule has 1 aromatic heterocycles. The van der Waals surface area contributed by atoms with Crippen LogP contribution in [-0.2, 0) is 7.05 Å². The predicted octanol–water partition coefficient (Wildman–Crippen LogP) is 3.08. The highest BCUT2D eigenvalue weighted by atomic mass is 79.9. The summed E-state index contributed by atoms with van der Waals surface area (Å²) < 4.78 is 15.7. The third-order valence-electron chi connectivity index (χ3n) is 1.84. The first-order chi connectivity index (χ1) is 5.68. The average molecular weight is 228 g/mol. The van der Waals surface area contributed by atoms with Crippen LogP contribution in [0.2, 0.25) is 0 Å². The summed E-state index contributed by atoms with van der Waals surface area (Å²) in [4.78, 5) is 0. The number of aryl methyl sites for hydroxylation is 1. The van der Waals surface area contributed by atoms with Crippen LogP contribution in [-0.4, -0.2) is 4.57 Å². The van der Waals surface area contributed by atoms with E-state index in [4.69, 9.17) is 0 Å². The van der Waals surface area contributed by atoms with Crippen LogP contribution in [0.1, 0.15) is 0 Å². The summed E-state index contributed by atoms with van der Waals surface area (Å²) in [6.45, 7) is 0. The molecule has 0 N–H and O–H groups in total. The molecule has 2 aromatic rings. The van der Waals surface area contributed by atoms with Crippen molar-refractivity contribution in [3.8, 4) is 0 Å². The molecule has 0 bridgehead atoms. The van der Waals surface area contributed by atoms with Crippen LogP contribution >= 0.6 is 15.9 Å². The molecular formula is C9H7BrFN. The Labute approximate surface area is 77.9 Å². The maximum absolute atomic E-state index is 13.4. The number of rotatable bonds is 0. The fourth-order valence-corrected chi connectivity index (χ4v) is 1.63. The number of benzene rings is 1. The van der Waals surface area contributed by atoms with Gasteiger partial charge in [0.2, 0.25) is 0 Å². The molecule has 0 aliphatic heterocycles. The van der Waals surface area contributed by atoms with Gasteiger partial charge in [0.05, 0.1) is 4.47 Å². The molecule has 12 heavy (non-hydrogen) atoms. The Kier molecular flexibility index (Phi) is 1.68. The molecule has 0 saturated heterocycles. The SMILES string of the molecule is Cn1cc2ccc(Br)c(F)c2c1. The predicted molar refractivity (Wildman–Crippen MR) is 50.6 cm³/mol. The van der Waals surface area contributed by atoms with Crippen LogP contribution < -0.4 is 0 Å². The van der Waals surface area contributed by atoms with E-state index in [-0.39, 0.29) is 5.82 Å². The zero-order valence-corrected chi connectivity index (χ0v) is 8.10. The Morgan fingerprint density at radius 2 is 2.08 bits per heavy atom. The highest BCUT2D eigenvalue weighted by Crippen LogP contribution is 2.24. The van der Waals surface area contributed by atoms with Gasteiger partial charge in [-0.2, -0.15) is 0 Å². The van der Waals surface area contributed by atoms with Crippen molar-refractivity contribution < 1.29 is 4.39 Å². The molecule has 0 spiro atoms. The van der Waals surface area contributed by atoms with Gasteiger partial charge < -0.3 is 4.57 Å². The van der Waals surface area contributed by atoms with E-state index in [2.05, 4.69) is 15.9 Å². The van der Waals surface area contributed by atoms with Crippen molar-refractivity contribution in [2.24, 2.45) is 7.05 Å². The normalized spacial score (nSPS) is 10.9. The molecule has 0 amide bonds. The van der Waals surface area contributed by atoms with Crippen molar-refractivity contribution in [3.05, 3.63) is 34.8 Å². The van der Waals surface area contributed by atoms with Gasteiger partial charge >= 0.3 is 0 Å². The summed E-state index contributed by atoms with van der Waals surface area (Å²) in [5, 5.41) is 1.59. The Morgan fingerprint density at radius 1 is 1.33 bits per heavy atom. The summed E-state index contributed by atoms with van der Waals surface area (Å²) in [5.41, 5.74) is 0. The highest BCUT2D eigenvalue weighted by Gasteiger charge is 2.05. The number of fused-ring (bicyclic) bond motifs is 1. The average Bonchev–Trinajstić information content (AvgIpc) is 2.39. The summed E-state index contributed by atoms with van der Waals surface area (Å²) >= 11 is 3.14. The minimum Gasteiger partial charge on any atom is -0.356 e. The molecule has 2 rings (SSSR count). The van der Waals surface area contributed by atoms with Crippen molar-refractivity contribution in [3.63, 3.8) is 0 Å². The first kappa shape index (κ1) is 7.80. The lowest BCUT2D eigenvalue weighted by molar-refractivity contribution is 0.633. The fraction of sp³-hybridized carbons (Fsp3) is 0.111. The van der Waals surface area contributed by atoms with Crippen LogP contribution in [0, 0.1) is 5.82 Å². The van der Waals surface area contributed by atoms with Gasteiger partial charge in [0, 0.05) is 30.2 Å². The van der Waals surface area contributed by atoms with Gasteiger partial charge in [-0.1, -0.05) is 6.07 Å². The first-order valence-corrected chi connectivity index (χ1v) is 4.37. The second kappa shape index (κ2) is 2.59. The molecule has 0 aliphatic carbocycles. The molecule has 3 heteroatoms. The monoisotopic (exact) mass is 227 g/mol. The quantitative estimate of drug-likeness (QED) is 0.652. The number of hydrogen-bond acceptors (Lipinski definition) is 0. The number of aromatic nitrogens is 1. The Bertz CT molecular complexity index is 433. The maximum atomic E-state index is 13.4. The van der Waals surface area contributed by atoms with E-state index >= 15 is 0 Å². The highest BCUT2D eigenvalue weighted by molar-refractivity contribution is 9.10. The third-order valence-corrected chi connectivity index (χ3v) is 2.45. The standard InChI is InChI=1S/C9H7BrFN/c1-12-4-6-2-3-8(10)9(11)7(6)5-12/h2-5H,1H3. The molecule has 0 fully saturated rings. The molecule has 0 unspecified atom stereocenters. The smallest absolute Gasteiger partial charge is 0.146 e. The second-order valence-electron chi connectivity index (χ2n) is 2.79. The molecule has 0 saturated carbocycles. The Morgan fingerprint density at radius 3 is 2.83 bits per heavy atom. The van der Waals surface area contributed by atoms with Crippen molar-refractivity contribution in [2.45, 2.75) is 0 Å². The number of hydrogen-bond donors (Lipinski definition) is 0. The van der Waals surface area contributed by atoms with Gasteiger partial charge in [0.25, 0.3) is 0 Å². The van der Waals surface area contributed by atoms with Gasteiger partial charge in [0.1, 0.15) is 5.82 Å². The molecular weight excluding hydrogens is 221 g/mol. The van der Waals surface area contributed by atoms with Crippen molar-refractivity contribution in [2.75, 3.05) is 0 Å². The molecule has 62 valence electrons. The molecule has 0 radical (unpaired) electrons. The van der Waals surface area contributed by atoms with Crippen molar-refractivity contribution in [1.29, 1.82) is 0 Å². The van der Waals surface area contributed by atoms with E-state index in [1.165, 1.54) is 0 Å². The number of halogens is 2. The summed E-state index contributed by atoms with van der Waals surface area (Å²) in [6, 6.07) is 3.61. The van der Waals surface area contributed by atoms with Crippen LogP contribution in [0.5, 0.6) is 0 Å². The zero-order valence-electron chi connectivity index (χ0n) is 6.51. The van der Waals surface area contributed by atoms with Crippen molar-refractivity contribution in [1.82, 2.24) is 4.57 Å². The summed E-state index contributed by atoms with van der Waals surface area (Å²) in [6.07, 6.45) is 3.67. The lowest BCUT2D eigenvalue weighted by Gasteiger charge is -1.93. The number of nitrogens with zero attached hydrogens (tertiary/aromatic N) is 1. The zero-order chi connectivity index (χ0) is 8.72. The molecule has 0 aliphatic rings. The Hall–Kier alpha value is -0.830. The van der Waals surface area contributed by atoms with Crippen LogP contribution in [0.25, 0.3) is 10.8 Å². The van der Waals surface area contributed by atoms with Crippen molar-refractivity contribution >= 4 is 26.7 Å². The summed E-state index contributed by atoms with van der Waals surface area (Å²) in [7, 11) is 1.88. The summed E-state index contributed by atoms with van der Waals surface area (Å²) in [5.74, 6) is -0.187. The van der Waals surface area contributed by atoms with E-state index in [1.54, 1.807) is 12.3 Å². The van der Waals surface area contributed by atoms with E-state index in [1.807, 2.05) is 23.9 Å². The molecule has 1 heterocycles. The van der Waals surface area contributed by atoms with Crippen LogP contribution in [0.4, 0.5) is 4.39 Å². The molecule has 1 nitrogen and oxygen atoms in total. The van der Waals surface area contributed by atoms with Gasteiger partial charge in [-0.3, -0.25) is 0 Å². The topological polar surface area (TPSA) is 4.93 Å². The Balaban J connectivity index is 2.89. The second-order valence-corrected chi connectivity index (χ2v) is 3.64. The van der Waals surface area contributed by atoms with E-state index in [0.717, 1.165) is 5.39 Å². The lowest BCUT2D eigenvalue weighted by Crippen LogP contribution is -1.78. The van der Waals surface area contributed by atoms with Gasteiger partial charge in [0.15, 0.2) is 0 Å². The van der Waals surface area contributed by atoms with Crippen LogP contribution in [0.3, 0.4) is 0 Å². The van der Waals surface area contributed by atoms with Gasteiger partial charge in [-0.25, -0.2) is 4.39 Å². The van der Waals surface area contributed by atoms with E-state index in [9.17, 15) is 4.39 Å². The lowest BCUT2D eigenvalue weighted by atomic mass is 10.2. The third kappa shape index (κ3) is 1.05. The maximum Gasteiger partial charge on any atom is 0.146 e. The van der Waals surface area contributed by atoms with Gasteiger partial charge in [-0.15, -0.1) is 0 Å².